The zero-order chi connectivity index (χ0) is 15.4. The summed E-state index contributed by atoms with van der Waals surface area (Å²) in [4.78, 5) is 4.33. The van der Waals surface area contributed by atoms with Gasteiger partial charge in [0.05, 0.1) is 22.1 Å². The molecule has 0 saturated heterocycles. The number of alkyl halides is 2. The number of aromatic nitrogens is 1. The number of aryl methyl sites for hydroxylation is 1. The van der Waals surface area contributed by atoms with E-state index < -0.39 is 6.29 Å². The number of nitrogens with zero attached hydrogens (tertiary/aromatic N) is 1. The monoisotopic (exact) mass is 312 g/mol. The van der Waals surface area contributed by atoms with Gasteiger partial charge >= 0.3 is 6.29 Å². The van der Waals surface area contributed by atoms with Crippen molar-refractivity contribution in [2.45, 2.75) is 20.1 Å². The number of hydrogen-bond donors (Lipinski definition) is 1. The molecule has 2 aromatic rings. The van der Waals surface area contributed by atoms with Crippen molar-refractivity contribution in [3.05, 3.63) is 34.5 Å². The summed E-state index contributed by atoms with van der Waals surface area (Å²) in [5.74, 6) is 0.00498. The van der Waals surface area contributed by atoms with E-state index in [4.69, 9.17) is 17.3 Å². The molecule has 0 fully saturated rings. The molecule has 1 aromatic heterocycles. The molecule has 3 rings (SSSR count). The smallest absolute Gasteiger partial charge is 0.397 e. The lowest BCUT2D eigenvalue weighted by Gasteiger charge is -2.11. The fourth-order valence-electron chi connectivity index (χ4n) is 2.24. The third-order valence-corrected chi connectivity index (χ3v) is 3.74. The second-order valence-corrected chi connectivity index (χ2v) is 5.11. The average molecular weight is 313 g/mol. The molecule has 110 valence electrons. The van der Waals surface area contributed by atoms with E-state index in [1.54, 1.807) is 26.0 Å². The topological polar surface area (TPSA) is 57.4 Å². The highest BCUT2D eigenvalue weighted by atomic mass is 35.5. The molecule has 2 heterocycles. The number of fused-ring (bicyclic) bond motifs is 1. The standard InChI is InChI=1S/C14H11ClF2N2O2/c1-6-8(10-5-9(18)12(15)7(2)19-10)3-4-11-13(6)21-14(16,17)20-11/h3-5H,1-2H3,(H2,18,19). The summed E-state index contributed by atoms with van der Waals surface area (Å²) in [6, 6.07) is 4.65. The Morgan fingerprint density at radius 2 is 1.95 bits per heavy atom. The largest absolute Gasteiger partial charge is 0.586 e. The van der Waals surface area contributed by atoms with Crippen molar-refractivity contribution in [1.82, 2.24) is 4.98 Å². The number of nitrogen functional groups attached to an aromatic ring is 1. The second kappa shape index (κ2) is 4.46. The van der Waals surface area contributed by atoms with Gasteiger partial charge in [-0.2, -0.15) is 0 Å². The third kappa shape index (κ3) is 2.25. The van der Waals surface area contributed by atoms with Gasteiger partial charge in [-0.25, -0.2) is 0 Å². The predicted molar refractivity (Wildman–Crippen MR) is 74.8 cm³/mol. The van der Waals surface area contributed by atoms with Crippen LogP contribution in [0.5, 0.6) is 11.5 Å². The van der Waals surface area contributed by atoms with Crippen molar-refractivity contribution in [1.29, 1.82) is 0 Å². The minimum atomic E-state index is -3.64. The maximum atomic E-state index is 13.1. The molecule has 0 saturated carbocycles. The average Bonchev–Trinajstić information content (AvgIpc) is 2.71. The fourth-order valence-corrected chi connectivity index (χ4v) is 2.34. The zero-order valence-corrected chi connectivity index (χ0v) is 12.0. The summed E-state index contributed by atoms with van der Waals surface area (Å²) in [6.45, 7) is 3.37. The van der Waals surface area contributed by atoms with Gasteiger partial charge in [0.25, 0.3) is 0 Å². The summed E-state index contributed by atoms with van der Waals surface area (Å²) in [5.41, 5.74) is 8.42. The first-order chi connectivity index (χ1) is 9.78. The zero-order valence-electron chi connectivity index (χ0n) is 11.2. The minimum Gasteiger partial charge on any atom is -0.397 e. The molecule has 0 amide bonds. The second-order valence-electron chi connectivity index (χ2n) is 4.73. The number of halogens is 3. The first kappa shape index (κ1) is 13.9. The highest BCUT2D eigenvalue weighted by Crippen LogP contribution is 2.46. The van der Waals surface area contributed by atoms with E-state index >= 15 is 0 Å². The Kier molecular flexibility index (Phi) is 2.95. The summed E-state index contributed by atoms with van der Waals surface area (Å²) in [7, 11) is 0. The normalized spacial score (nSPS) is 15.3. The maximum Gasteiger partial charge on any atom is 0.586 e. The Balaban J connectivity index is 2.14. The number of rotatable bonds is 1. The van der Waals surface area contributed by atoms with Crippen LogP contribution in [0.1, 0.15) is 11.3 Å². The van der Waals surface area contributed by atoms with Crippen molar-refractivity contribution >= 4 is 17.3 Å². The lowest BCUT2D eigenvalue weighted by atomic mass is 10.0. The van der Waals surface area contributed by atoms with Crippen LogP contribution in [0.3, 0.4) is 0 Å². The quantitative estimate of drug-likeness (QED) is 0.867. The molecular formula is C14H11ClF2N2O2. The number of hydrogen-bond acceptors (Lipinski definition) is 4. The Labute approximate surface area is 124 Å². The number of pyridine rings is 1. The highest BCUT2D eigenvalue weighted by molar-refractivity contribution is 6.33. The van der Waals surface area contributed by atoms with Crippen molar-refractivity contribution in [3.8, 4) is 22.8 Å². The predicted octanol–water partition coefficient (Wildman–Crippen LogP) is 3.92. The lowest BCUT2D eigenvalue weighted by molar-refractivity contribution is -0.286. The van der Waals surface area contributed by atoms with Crippen LogP contribution in [0.4, 0.5) is 14.5 Å². The lowest BCUT2D eigenvalue weighted by Crippen LogP contribution is -2.26. The van der Waals surface area contributed by atoms with Gasteiger partial charge in [0, 0.05) is 11.1 Å². The van der Waals surface area contributed by atoms with Gasteiger partial charge in [-0.1, -0.05) is 11.6 Å². The molecule has 0 atom stereocenters. The summed E-state index contributed by atoms with van der Waals surface area (Å²) >= 11 is 5.98. The van der Waals surface area contributed by atoms with Crippen molar-refractivity contribution in [2.24, 2.45) is 0 Å². The number of benzene rings is 1. The van der Waals surface area contributed by atoms with Crippen LogP contribution in [-0.2, 0) is 0 Å². The van der Waals surface area contributed by atoms with Crippen LogP contribution in [0.25, 0.3) is 11.3 Å². The molecule has 0 unspecified atom stereocenters. The molecule has 0 spiro atoms. The Morgan fingerprint density at radius 3 is 2.62 bits per heavy atom. The Morgan fingerprint density at radius 1 is 1.24 bits per heavy atom. The van der Waals surface area contributed by atoms with E-state index in [-0.39, 0.29) is 11.5 Å². The van der Waals surface area contributed by atoms with Crippen molar-refractivity contribution < 1.29 is 18.3 Å². The first-order valence-electron chi connectivity index (χ1n) is 6.11. The van der Waals surface area contributed by atoms with Gasteiger partial charge in [0.15, 0.2) is 11.5 Å². The van der Waals surface area contributed by atoms with E-state index in [1.807, 2.05) is 0 Å². The van der Waals surface area contributed by atoms with Gasteiger partial charge in [-0.05, 0) is 32.0 Å². The van der Waals surface area contributed by atoms with Crippen LogP contribution >= 0.6 is 11.6 Å². The molecule has 1 aliphatic rings. The van der Waals surface area contributed by atoms with Gasteiger partial charge in [0.1, 0.15) is 0 Å². The number of ether oxygens (including phenoxy) is 2. The third-order valence-electron chi connectivity index (χ3n) is 3.25. The Bertz CT molecular complexity index is 727. The van der Waals surface area contributed by atoms with Crippen molar-refractivity contribution in [2.75, 3.05) is 5.73 Å². The molecule has 1 aromatic carbocycles. The van der Waals surface area contributed by atoms with Gasteiger partial charge in [0.2, 0.25) is 0 Å². The van der Waals surface area contributed by atoms with Crippen LogP contribution in [0, 0.1) is 13.8 Å². The van der Waals surface area contributed by atoms with Crippen LogP contribution in [0.15, 0.2) is 18.2 Å². The van der Waals surface area contributed by atoms with E-state index in [2.05, 4.69) is 14.5 Å². The van der Waals surface area contributed by atoms with Crippen LogP contribution in [0.2, 0.25) is 5.02 Å². The maximum absolute atomic E-state index is 13.1. The van der Waals surface area contributed by atoms with Crippen molar-refractivity contribution in [3.63, 3.8) is 0 Å². The van der Waals surface area contributed by atoms with Crippen LogP contribution in [-0.4, -0.2) is 11.3 Å². The minimum absolute atomic E-state index is 0.0000857. The van der Waals surface area contributed by atoms with E-state index in [1.165, 1.54) is 6.07 Å². The molecular weight excluding hydrogens is 302 g/mol. The van der Waals surface area contributed by atoms with Gasteiger partial charge in [-0.3, -0.25) is 4.98 Å². The molecule has 2 N–H and O–H groups in total. The summed E-state index contributed by atoms with van der Waals surface area (Å²) < 4.78 is 35.2. The number of nitrogens with two attached hydrogens (primary N) is 1. The molecule has 0 aliphatic carbocycles. The Hall–Kier alpha value is -2.08. The summed E-state index contributed by atoms with van der Waals surface area (Å²) in [6.07, 6.45) is -3.64. The van der Waals surface area contributed by atoms with E-state index in [0.29, 0.717) is 33.2 Å². The highest BCUT2D eigenvalue weighted by Gasteiger charge is 2.44. The molecule has 0 bridgehead atoms. The van der Waals surface area contributed by atoms with Gasteiger partial charge in [-0.15, -0.1) is 8.78 Å². The number of anilines is 1. The molecule has 4 nitrogen and oxygen atoms in total. The molecule has 21 heavy (non-hydrogen) atoms. The fraction of sp³-hybridized carbons (Fsp3) is 0.214. The van der Waals surface area contributed by atoms with E-state index in [9.17, 15) is 8.78 Å². The van der Waals surface area contributed by atoms with Gasteiger partial charge < -0.3 is 15.2 Å². The molecule has 1 aliphatic heterocycles. The first-order valence-corrected chi connectivity index (χ1v) is 6.49. The SMILES string of the molecule is Cc1nc(-c2ccc3c(c2C)OC(F)(F)O3)cc(N)c1Cl. The van der Waals surface area contributed by atoms with Crippen LogP contribution < -0.4 is 15.2 Å². The molecule has 0 radical (unpaired) electrons. The molecule has 7 heteroatoms. The summed E-state index contributed by atoms with van der Waals surface area (Å²) in [5, 5.41) is 0.378. The van der Waals surface area contributed by atoms with E-state index in [0.717, 1.165) is 0 Å².